The van der Waals surface area contributed by atoms with Crippen molar-refractivity contribution in [3.63, 3.8) is 0 Å². The Morgan fingerprint density at radius 2 is 2.06 bits per heavy atom. The van der Waals surface area contributed by atoms with E-state index in [2.05, 4.69) is 44.3 Å². The Morgan fingerprint density at radius 3 is 2.75 bits per heavy atom. The van der Waals surface area contributed by atoms with E-state index in [1.54, 1.807) is 5.56 Å². The molecular formula is C15H23N. The second-order valence-electron chi connectivity index (χ2n) is 5.12. The van der Waals surface area contributed by atoms with Crippen molar-refractivity contribution in [3.05, 3.63) is 34.9 Å². The maximum Gasteiger partial charge on any atom is 0.00729 e. The first-order valence-electron chi connectivity index (χ1n) is 6.51. The molecule has 0 spiro atoms. The molecule has 1 aromatic carbocycles. The quantitative estimate of drug-likeness (QED) is 0.816. The first-order chi connectivity index (χ1) is 7.70. The van der Waals surface area contributed by atoms with Gasteiger partial charge in [-0.3, -0.25) is 0 Å². The third kappa shape index (κ3) is 2.46. The van der Waals surface area contributed by atoms with Crippen molar-refractivity contribution in [1.29, 1.82) is 0 Å². The molecule has 88 valence electrons. The fraction of sp³-hybridized carbons (Fsp3) is 0.600. The number of benzene rings is 1. The Balaban J connectivity index is 2.08. The molecule has 0 saturated heterocycles. The van der Waals surface area contributed by atoms with Crippen molar-refractivity contribution in [2.75, 3.05) is 6.54 Å². The van der Waals surface area contributed by atoms with Crippen LogP contribution in [0.25, 0.3) is 0 Å². The van der Waals surface area contributed by atoms with Crippen LogP contribution in [-0.2, 0) is 0 Å². The van der Waals surface area contributed by atoms with E-state index >= 15 is 0 Å². The number of rotatable bonds is 3. The molecule has 2 rings (SSSR count). The Labute approximate surface area is 99.3 Å². The molecule has 1 N–H and O–H groups in total. The summed E-state index contributed by atoms with van der Waals surface area (Å²) in [5.74, 6) is 0.782. The van der Waals surface area contributed by atoms with E-state index in [0.29, 0.717) is 0 Å². The molecule has 0 radical (unpaired) electrons. The highest BCUT2D eigenvalue weighted by atomic mass is 14.9. The van der Waals surface area contributed by atoms with Gasteiger partial charge in [-0.2, -0.15) is 0 Å². The van der Waals surface area contributed by atoms with Gasteiger partial charge in [0.1, 0.15) is 0 Å². The van der Waals surface area contributed by atoms with Gasteiger partial charge >= 0.3 is 0 Å². The number of aryl methyl sites for hydroxylation is 2. The summed E-state index contributed by atoms with van der Waals surface area (Å²) in [6.45, 7) is 7.73. The lowest BCUT2D eigenvalue weighted by Crippen LogP contribution is -2.25. The molecule has 2 unspecified atom stereocenters. The Bertz CT molecular complexity index is 356. The highest BCUT2D eigenvalue weighted by Crippen LogP contribution is 2.36. The van der Waals surface area contributed by atoms with Crippen LogP contribution in [0, 0.1) is 13.8 Å². The molecule has 0 heterocycles. The zero-order valence-electron chi connectivity index (χ0n) is 10.7. The summed E-state index contributed by atoms with van der Waals surface area (Å²) in [7, 11) is 0. The number of nitrogens with one attached hydrogen (secondary N) is 1. The average molecular weight is 217 g/mol. The van der Waals surface area contributed by atoms with Crippen LogP contribution in [0.15, 0.2) is 18.2 Å². The van der Waals surface area contributed by atoms with Crippen LogP contribution < -0.4 is 5.32 Å². The summed E-state index contributed by atoms with van der Waals surface area (Å²) in [6.07, 6.45) is 4.01. The molecule has 1 aliphatic carbocycles. The molecule has 1 aromatic rings. The Kier molecular flexibility index (Phi) is 3.65. The molecule has 1 saturated carbocycles. The van der Waals surface area contributed by atoms with Gasteiger partial charge < -0.3 is 5.32 Å². The topological polar surface area (TPSA) is 12.0 Å². The highest BCUT2D eigenvalue weighted by Gasteiger charge is 2.25. The zero-order valence-corrected chi connectivity index (χ0v) is 10.7. The van der Waals surface area contributed by atoms with E-state index in [1.165, 1.54) is 30.4 Å². The Hall–Kier alpha value is -0.820. The molecule has 1 heteroatoms. The van der Waals surface area contributed by atoms with Crippen LogP contribution in [-0.4, -0.2) is 12.6 Å². The third-order valence-corrected chi connectivity index (χ3v) is 3.79. The standard InChI is InChI=1S/C15H23N/c1-4-16-14-7-6-13(10-14)15-8-5-11(2)9-12(15)3/h5,8-9,13-14,16H,4,6-7,10H2,1-3H3. The zero-order chi connectivity index (χ0) is 11.5. The van der Waals surface area contributed by atoms with Gasteiger partial charge in [0.2, 0.25) is 0 Å². The lowest BCUT2D eigenvalue weighted by Gasteiger charge is -2.15. The van der Waals surface area contributed by atoms with Crippen molar-refractivity contribution < 1.29 is 0 Å². The van der Waals surface area contributed by atoms with Gasteiger partial charge in [-0.25, -0.2) is 0 Å². The molecule has 0 aromatic heterocycles. The molecule has 1 aliphatic rings. The summed E-state index contributed by atoms with van der Waals surface area (Å²) in [4.78, 5) is 0. The number of hydrogen-bond acceptors (Lipinski definition) is 1. The van der Waals surface area contributed by atoms with Crippen molar-refractivity contribution >= 4 is 0 Å². The monoisotopic (exact) mass is 217 g/mol. The van der Waals surface area contributed by atoms with Crippen molar-refractivity contribution in [2.45, 2.75) is 52.0 Å². The molecular weight excluding hydrogens is 194 g/mol. The van der Waals surface area contributed by atoms with Crippen LogP contribution in [0.4, 0.5) is 0 Å². The fourth-order valence-electron chi connectivity index (χ4n) is 3.02. The predicted octanol–water partition coefficient (Wildman–Crippen LogP) is 3.55. The van der Waals surface area contributed by atoms with Crippen LogP contribution in [0.2, 0.25) is 0 Å². The third-order valence-electron chi connectivity index (χ3n) is 3.79. The molecule has 1 nitrogen and oxygen atoms in total. The van der Waals surface area contributed by atoms with Crippen molar-refractivity contribution in [3.8, 4) is 0 Å². The van der Waals surface area contributed by atoms with E-state index in [0.717, 1.165) is 18.5 Å². The van der Waals surface area contributed by atoms with E-state index in [1.807, 2.05) is 0 Å². The van der Waals surface area contributed by atoms with Gasteiger partial charge in [-0.05, 0) is 56.7 Å². The van der Waals surface area contributed by atoms with Gasteiger partial charge in [0.05, 0.1) is 0 Å². The fourth-order valence-corrected chi connectivity index (χ4v) is 3.02. The second kappa shape index (κ2) is 5.01. The molecule has 0 amide bonds. The molecule has 0 aliphatic heterocycles. The minimum atomic E-state index is 0.746. The summed E-state index contributed by atoms with van der Waals surface area (Å²) < 4.78 is 0. The van der Waals surface area contributed by atoms with Crippen LogP contribution in [0.1, 0.15) is 48.8 Å². The van der Waals surface area contributed by atoms with E-state index < -0.39 is 0 Å². The largest absolute Gasteiger partial charge is 0.314 e. The van der Waals surface area contributed by atoms with Gasteiger partial charge in [0, 0.05) is 6.04 Å². The first-order valence-corrected chi connectivity index (χ1v) is 6.51. The molecule has 16 heavy (non-hydrogen) atoms. The Morgan fingerprint density at radius 1 is 1.25 bits per heavy atom. The number of hydrogen-bond donors (Lipinski definition) is 1. The minimum Gasteiger partial charge on any atom is -0.314 e. The summed E-state index contributed by atoms with van der Waals surface area (Å²) in [6, 6.07) is 7.65. The second-order valence-corrected chi connectivity index (χ2v) is 5.12. The summed E-state index contributed by atoms with van der Waals surface area (Å²) in [5.41, 5.74) is 4.43. The maximum absolute atomic E-state index is 3.58. The highest BCUT2D eigenvalue weighted by molar-refractivity contribution is 5.33. The van der Waals surface area contributed by atoms with Crippen LogP contribution >= 0.6 is 0 Å². The molecule has 2 atom stereocenters. The average Bonchev–Trinajstić information content (AvgIpc) is 2.67. The van der Waals surface area contributed by atoms with Crippen molar-refractivity contribution in [1.82, 2.24) is 5.32 Å². The van der Waals surface area contributed by atoms with Gasteiger partial charge in [0.15, 0.2) is 0 Å². The lowest BCUT2D eigenvalue weighted by molar-refractivity contribution is 0.534. The van der Waals surface area contributed by atoms with Crippen LogP contribution in [0.5, 0.6) is 0 Å². The summed E-state index contributed by atoms with van der Waals surface area (Å²) >= 11 is 0. The molecule has 1 fully saturated rings. The first kappa shape index (κ1) is 11.7. The minimum absolute atomic E-state index is 0.746. The van der Waals surface area contributed by atoms with Crippen LogP contribution in [0.3, 0.4) is 0 Å². The summed E-state index contributed by atoms with van der Waals surface area (Å²) in [5, 5.41) is 3.58. The smallest absolute Gasteiger partial charge is 0.00729 e. The molecule has 0 bridgehead atoms. The van der Waals surface area contributed by atoms with Gasteiger partial charge in [0.25, 0.3) is 0 Å². The lowest BCUT2D eigenvalue weighted by atomic mass is 9.92. The van der Waals surface area contributed by atoms with Gasteiger partial charge in [-0.1, -0.05) is 30.7 Å². The van der Waals surface area contributed by atoms with Crippen molar-refractivity contribution in [2.24, 2.45) is 0 Å². The van der Waals surface area contributed by atoms with E-state index in [4.69, 9.17) is 0 Å². The normalized spacial score (nSPS) is 24.9. The SMILES string of the molecule is CCNC1CCC(c2ccc(C)cc2C)C1. The van der Waals surface area contributed by atoms with E-state index in [9.17, 15) is 0 Å². The van der Waals surface area contributed by atoms with E-state index in [-0.39, 0.29) is 0 Å². The van der Waals surface area contributed by atoms with Gasteiger partial charge in [-0.15, -0.1) is 0 Å². The predicted molar refractivity (Wildman–Crippen MR) is 70.0 cm³/mol. The maximum atomic E-state index is 3.58.